The van der Waals surface area contributed by atoms with Gasteiger partial charge in [-0.1, -0.05) is 0 Å². The molecule has 0 saturated heterocycles. The van der Waals surface area contributed by atoms with Gasteiger partial charge in [0, 0.05) is 6.07 Å². The summed E-state index contributed by atoms with van der Waals surface area (Å²) in [5, 5.41) is 4.95. The molecule has 5 nitrogen and oxygen atoms in total. The molecule has 1 aliphatic rings. The number of nitrogens with two attached hydrogens (primary N) is 1. The Hall–Kier alpha value is -1.53. The van der Waals surface area contributed by atoms with Gasteiger partial charge in [0.2, 0.25) is 10.0 Å². The van der Waals surface area contributed by atoms with E-state index in [4.69, 9.17) is 14.6 Å². The zero-order chi connectivity index (χ0) is 10.2. The fraction of sp³-hybridized carbons (Fsp3) is 0. The van der Waals surface area contributed by atoms with Crippen LogP contribution in [0.25, 0.3) is 0 Å². The molecule has 0 fully saturated rings. The first-order valence-corrected chi connectivity index (χ1v) is 5.27. The SMILES string of the molecule is NS(=O)(=O)c1ccc2c(c1)OC=CO2. The van der Waals surface area contributed by atoms with Gasteiger partial charge in [0.1, 0.15) is 12.5 Å². The third-order valence-electron chi connectivity index (χ3n) is 1.69. The maximum absolute atomic E-state index is 11.0. The first-order chi connectivity index (χ1) is 6.57. The number of ether oxygens (including phenoxy) is 2. The third-order valence-corrected chi connectivity index (χ3v) is 2.60. The highest BCUT2D eigenvalue weighted by Gasteiger charge is 2.14. The van der Waals surface area contributed by atoms with Crippen molar-refractivity contribution in [1.29, 1.82) is 0 Å². The van der Waals surface area contributed by atoms with E-state index in [1.807, 2.05) is 0 Å². The molecule has 0 aliphatic carbocycles. The summed E-state index contributed by atoms with van der Waals surface area (Å²) in [6.07, 6.45) is 2.67. The molecule has 74 valence electrons. The summed E-state index contributed by atoms with van der Waals surface area (Å²) in [4.78, 5) is -0.00449. The van der Waals surface area contributed by atoms with E-state index in [0.29, 0.717) is 11.5 Å². The molecular weight excluding hydrogens is 206 g/mol. The van der Waals surface area contributed by atoms with Crippen LogP contribution in [0.15, 0.2) is 35.6 Å². The molecule has 0 saturated carbocycles. The van der Waals surface area contributed by atoms with Crippen LogP contribution >= 0.6 is 0 Å². The normalized spacial score (nSPS) is 14.1. The number of primary sulfonamides is 1. The molecule has 2 rings (SSSR count). The molecule has 0 spiro atoms. The lowest BCUT2D eigenvalue weighted by molar-refractivity contribution is 0.360. The maximum Gasteiger partial charge on any atom is 0.238 e. The topological polar surface area (TPSA) is 78.6 Å². The Morgan fingerprint density at radius 2 is 1.71 bits per heavy atom. The molecule has 2 N–H and O–H groups in total. The van der Waals surface area contributed by atoms with Crippen LogP contribution in [0.2, 0.25) is 0 Å². The van der Waals surface area contributed by atoms with Gasteiger partial charge in [0.15, 0.2) is 11.5 Å². The molecular formula is C8H7NO4S. The number of hydrogen-bond donors (Lipinski definition) is 1. The largest absolute Gasteiger partial charge is 0.458 e. The van der Waals surface area contributed by atoms with Crippen molar-refractivity contribution in [1.82, 2.24) is 0 Å². The molecule has 1 heterocycles. The van der Waals surface area contributed by atoms with E-state index in [-0.39, 0.29) is 4.90 Å². The third kappa shape index (κ3) is 1.57. The molecule has 1 aromatic carbocycles. The Morgan fingerprint density at radius 3 is 2.36 bits per heavy atom. The quantitative estimate of drug-likeness (QED) is 0.739. The van der Waals surface area contributed by atoms with Crippen LogP contribution in [0.1, 0.15) is 0 Å². The monoisotopic (exact) mass is 213 g/mol. The zero-order valence-corrected chi connectivity index (χ0v) is 7.82. The summed E-state index contributed by atoms with van der Waals surface area (Å²) in [5.74, 6) is 0.791. The summed E-state index contributed by atoms with van der Waals surface area (Å²) >= 11 is 0. The van der Waals surface area contributed by atoms with Crippen LogP contribution in [0.3, 0.4) is 0 Å². The summed E-state index contributed by atoms with van der Waals surface area (Å²) in [5.41, 5.74) is 0. The average molecular weight is 213 g/mol. The molecule has 1 aliphatic heterocycles. The van der Waals surface area contributed by atoms with Crippen LogP contribution in [0, 0.1) is 0 Å². The minimum atomic E-state index is -3.70. The fourth-order valence-electron chi connectivity index (χ4n) is 1.06. The van der Waals surface area contributed by atoms with E-state index < -0.39 is 10.0 Å². The molecule has 0 atom stereocenters. The first-order valence-electron chi connectivity index (χ1n) is 3.72. The van der Waals surface area contributed by atoms with Crippen molar-refractivity contribution in [3.05, 3.63) is 30.7 Å². The van der Waals surface area contributed by atoms with E-state index in [1.165, 1.54) is 30.7 Å². The van der Waals surface area contributed by atoms with Crippen molar-refractivity contribution in [3.8, 4) is 11.5 Å². The average Bonchev–Trinajstić information content (AvgIpc) is 2.16. The lowest BCUT2D eigenvalue weighted by Gasteiger charge is -2.12. The predicted octanol–water partition coefficient (Wildman–Crippen LogP) is 0.576. The second-order valence-corrected chi connectivity index (χ2v) is 4.22. The Balaban J connectivity index is 2.52. The Bertz CT molecular complexity index is 492. The van der Waals surface area contributed by atoms with Gasteiger partial charge in [-0.2, -0.15) is 0 Å². The van der Waals surface area contributed by atoms with E-state index in [1.54, 1.807) is 0 Å². The van der Waals surface area contributed by atoms with Gasteiger partial charge in [-0.25, -0.2) is 13.6 Å². The highest BCUT2D eigenvalue weighted by Crippen LogP contribution is 2.31. The van der Waals surface area contributed by atoms with Crippen molar-refractivity contribution in [2.75, 3.05) is 0 Å². The van der Waals surface area contributed by atoms with Crippen LogP contribution in [-0.2, 0) is 10.0 Å². The Kier molecular flexibility index (Phi) is 1.94. The van der Waals surface area contributed by atoms with Gasteiger partial charge in [-0.15, -0.1) is 0 Å². The number of benzene rings is 1. The highest BCUT2D eigenvalue weighted by molar-refractivity contribution is 7.89. The molecule has 1 aromatic rings. The smallest absolute Gasteiger partial charge is 0.238 e. The van der Waals surface area contributed by atoms with Crippen LogP contribution in [0.4, 0.5) is 0 Å². The van der Waals surface area contributed by atoms with Crippen LogP contribution < -0.4 is 14.6 Å². The molecule has 0 bridgehead atoms. The summed E-state index contributed by atoms with van der Waals surface area (Å²) in [6, 6.07) is 4.16. The van der Waals surface area contributed by atoms with Gasteiger partial charge >= 0.3 is 0 Å². The molecule has 0 amide bonds. The number of hydrogen-bond acceptors (Lipinski definition) is 4. The predicted molar refractivity (Wildman–Crippen MR) is 48.2 cm³/mol. The lowest BCUT2D eigenvalue weighted by Crippen LogP contribution is -2.12. The van der Waals surface area contributed by atoms with Gasteiger partial charge in [-0.05, 0) is 12.1 Å². The van der Waals surface area contributed by atoms with E-state index in [0.717, 1.165) is 0 Å². The summed E-state index contributed by atoms with van der Waals surface area (Å²) in [7, 11) is -3.70. The van der Waals surface area contributed by atoms with E-state index in [9.17, 15) is 8.42 Å². The van der Waals surface area contributed by atoms with Crippen molar-refractivity contribution >= 4 is 10.0 Å². The Labute approximate surface area is 80.8 Å². The molecule has 0 radical (unpaired) electrons. The summed E-state index contributed by atoms with van der Waals surface area (Å²) < 4.78 is 32.0. The highest BCUT2D eigenvalue weighted by atomic mass is 32.2. The van der Waals surface area contributed by atoms with Crippen molar-refractivity contribution in [2.45, 2.75) is 4.90 Å². The molecule has 0 aromatic heterocycles. The minimum Gasteiger partial charge on any atom is -0.458 e. The standard InChI is InChI=1S/C8H7NO4S/c9-14(10,11)6-1-2-7-8(5-6)13-4-3-12-7/h1-5H,(H2,9,10,11). The molecule has 6 heteroatoms. The molecule has 14 heavy (non-hydrogen) atoms. The van der Waals surface area contributed by atoms with Gasteiger partial charge in [0.25, 0.3) is 0 Å². The second-order valence-electron chi connectivity index (χ2n) is 2.66. The number of fused-ring (bicyclic) bond motifs is 1. The zero-order valence-electron chi connectivity index (χ0n) is 7.01. The van der Waals surface area contributed by atoms with Gasteiger partial charge in [-0.3, -0.25) is 0 Å². The van der Waals surface area contributed by atoms with Crippen molar-refractivity contribution in [2.24, 2.45) is 5.14 Å². The van der Waals surface area contributed by atoms with E-state index in [2.05, 4.69) is 0 Å². The summed E-state index contributed by atoms with van der Waals surface area (Å²) in [6.45, 7) is 0. The second kappa shape index (κ2) is 3.00. The fourth-order valence-corrected chi connectivity index (χ4v) is 1.59. The maximum atomic E-state index is 11.0. The van der Waals surface area contributed by atoms with Crippen molar-refractivity contribution in [3.63, 3.8) is 0 Å². The van der Waals surface area contributed by atoms with Gasteiger partial charge < -0.3 is 9.47 Å². The Morgan fingerprint density at radius 1 is 1.07 bits per heavy atom. The minimum absolute atomic E-state index is 0.00449. The van der Waals surface area contributed by atoms with Gasteiger partial charge in [0.05, 0.1) is 4.90 Å². The lowest BCUT2D eigenvalue weighted by atomic mass is 10.3. The van der Waals surface area contributed by atoms with Crippen LogP contribution in [0.5, 0.6) is 11.5 Å². The first kappa shape index (κ1) is 9.04. The molecule has 0 unspecified atom stereocenters. The van der Waals surface area contributed by atoms with Crippen LogP contribution in [-0.4, -0.2) is 8.42 Å². The van der Waals surface area contributed by atoms with E-state index >= 15 is 0 Å². The number of sulfonamides is 1. The number of rotatable bonds is 1. The van der Waals surface area contributed by atoms with Crippen molar-refractivity contribution < 1.29 is 17.9 Å².